The predicted octanol–water partition coefficient (Wildman–Crippen LogP) is 24.2. The molecule has 1 unspecified atom stereocenters. The van der Waals surface area contributed by atoms with Gasteiger partial charge in [-0.25, -0.2) is 0 Å². The molecule has 0 amide bonds. The molecule has 0 spiro atoms. The van der Waals surface area contributed by atoms with Crippen LogP contribution in [0.3, 0.4) is 0 Å². The molecule has 0 aromatic heterocycles. The van der Waals surface area contributed by atoms with Crippen LogP contribution in [0, 0.1) is 0 Å². The molecule has 82 heavy (non-hydrogen) atoms. The maximum absolute atomic E-state index is 12.9. The van der Waals surface area contributed by atoms with E-state index in [4.69, 9.17) is 14.2 Å². The van der Waals surface area contributed by atoms with Crippen LogP contribution in [0.4, 0.5) is 0 Å². The van der Waals surface area contributed by atoms with E-state index in [-0.39, 0.29) is 37.5 Å². The summed E-state index contributed by atoms with van der Waals surface area (Å²) in [7, 11) is 0. The number of hydrogen-bond donors (Lipinski definition) is 0. The second-order valence-corrected chi connectivity index (χ2v) is 23.1. The zero-order chi connectivity index (χ0) is 59.2. The van der Waals surface area contributed by atoms with Gasteiger partial charge in [0.15, 0.2) is 6.10 Å². The smallest absolute Gasteiger partial charge is 0.306 e. The SMILES string of the molecule is CC/C=C\C/C=C\C/C=C\C/C=C\C/C=C\CCCC(=O)OC(COC(=O)CCCCCCC/C=C\C/C=C\CCCCCC)COC(=O)CCCCCCCCCCCCCCCCCCCCC/C=C\C/C=C\CCCCCCC. The summed E-state index contributed by atoms with van der Waals surface area (Å²) in [4.78, 5) is 38.4. The summed E-state index contributed by atoms with van der Waals surface area (Å²) < 4.78 is 16.9. The maximum atomic E-state index is 12.9. The molecule has 0 N–H and O–H groups in total. The highest BCUT2D eigenvalue weighted by molar-refractivity contribution is 5.71. The van der Waals surface area contributed by atoms with Gasteiger partial charge in [0, 0.05) is 19.3 Å². The predicted molar refractivity (Wildman–Crippen MR) is 357 cm³/mol. The molecule has 0 aliphatic carbocycles. The van der Waals surface area contributed by atoms with Gasteiger partial charge in [0.1, 0.15) is 13.2 Å². The highest BCUT2D eigenvalue weighted by Gasteiger charge is 2.19. The van der Waals surface area contributed by atoms with Crippen molar-refractivity contribution in [3.63, 3.8) is 0 Å². The highest BCUT2D eigenvalue weighted by atomic mass is 16.6. The van der Waals surface area contributed by atoms with E-state index in [9.17, 15) is 14.4 Å². The van der Waals surface area contributed by atoms with E-state index in [1.807, 2.05) is 0 Å². The first-order chi connectivity index (χ1) is 40.5. The van der Waals surface area contributed by atoms with Gasteiger partial charge in [-0.15, -0.1) is 0 Å². The summed E-state index contributed by atoms with van der Waals surface area (Å²) in [5.41, 5.74) is 0. The number of hydrogen-bond acceptors (Lipinski definition) is 6. The van der Waals surface area contributed by atoms with E-state index in [0.717, 1.165) is 109 Å². The highest BCUT2D eigenvalue weighted by Crippen LogP contribution is 2.17. The van der Waals surface area contributed by atoms with Crippen LogP contribution < -0.4 is 0 Å². The summed E-state index contributed by atoms with van der Waals surface area (Å²) in [6, 6.07) is 0. The molecule has 0 bridgehead atoms. The molecule has 0 fully saturated rings. The lowest BCUT2D eigenvalue weighted by Crippen LogP contribution is -2.30. The monoisotopic (exact) mass is 1140 g/mol. The molecule has 6 nitrogen and oxygen atoms in total. The van der Waals surface area contributed by atoms with Crippen LogP contribution in [-0.2, 0) is 28.6 Å². The minimum atomic E-state index is -0.816. The normalized spacial score (nSPS) is 12.8. The summed E-state index contributed by atoms with van der Waals surface area (Å²) in [6.45, 7) is 6.47. The van der Waals surface area contributed by atoms with Crippen LogP contribution in [0.15, 0.2) is 109 Å². The standard InChI is InChI=1S/C76H130O6/c1-4-7-10-13-16-19-22-25-28-31-32-33-34-35-36-37-38-39-40-41-42-43-44-46-48-51-54-57-60-63-66-69-75(78)81-72-73(71-80-74(77)68-65-62-59-56-53-50-47-30-27-24-21-18-15-12-9-6-3)82-76(79)70-67-64-61-58-55-52-49-45-29-26-23-20-17-14-11-8-5-2/h8,11,17,20-22,24-26,29-32,47,49,52,58,61,73H,4-7,9-10,12-16,18-19,23,27-28,33-46,48,50-51,53-57,59-60,62-72H2,1-3H3/b11-8-,20-17-,24-21-,25-22-,29-26-,32-31-,47-30-,52-49-,61-58-. The number of carbonyl (C=O) groups is 3. The Bertz CT molecular complexity index is 1640. The van der Waals surface area contributed by atoms with Gasteiger partial charge >= 0.3 is 17.9 Å². The van der Waals surface area contributed by atoms with Crippen molar-refractivity contribution < 1.29 is 28.6 Å². The van der Waals surface area contributed by atoms with Crippen molar-refractivity contribution in [1.29, 1.82) is 0 Å². The van der Waals surface area contributed by atoms with Crippen molar-refractivity contribution >= 4 is 17.9 Å². The van der Waals surface area contributed by atoms with Gasteiger partial charge < -0.3 is 14.2 Å². The van der Waals surface area contributed by atoms with E-state index in [1.54, 1.807) is 0 Å². The van der Waals surface area contributed by atoms with E-state index in [2.05, 4.69) is 130 Å². The van der Waals surface area contributed by atoms with Crippen LogP contribution in [0.1, 0.15) is 335 Å². The molecule has 0 aromatic carbocycles. The van der Waals surface area contributed by atoms with Gasteiger partial charge in [-0.2, -0.15) is 0 Å². The fraction of sp³-hybridized carbons (Fsp3) is 0.724. The molecule has 6 heteroatoms. The molecule has 0 radical (unpaired) electrons. The molecular weight excluding hydrogens is 1010 g/mol. The molecule has 1 atom stereocenters. The first kappa shape index (κ1) is 78.1. The molecule has 0 saturated carbocycles. The Morgan fingerprint density at radius 2 is 0.488 bits per heavy atom. The van der Waals surface area contributed by atoms with Crippen LogP contribution in [0.2, 0.25) is 0 Å². The van der Waals surface area contributed by atoms with Crippen molar-refractivity contribution in [2.75, 3.05) is 13.2 Å². The fourth-order valence-corrected chi connectivity index (χ4v) is 9.78. The summed E-state index contributed by atoms with van der Waals surface area (Å²) in [5.74, 6) is -0.966. The summed E-state index contributed by atoms with van der Waals surface area (Å²) in [5, 5.41) is 0. The molecule has 0 rings (SSSR count). The zero-order valence-electron chi connectivity index (χ0n) is 54.0. The molecule has 0 aliphatic rings. The average Bonchev–Trinajstić information content (AvgIpc) is 3.47. The molecule has 0 saturated heterocycles. The third kappa shape index (κ3) is 66.9. The Morgan fingerprint density at radius 3 is 0.793 bits per heavy atom. The Balaban J connectivity index is 4.29. The van der Waals surface area contributed by atoms with Crippen molar-refractivity contribution in [2.45, 2.75) is 341 Å². The zero-order valence-corrected chi connectivity index (χ0v) is 54.0. The average molecular weight is 1140 g/mol. The number of unbranched alkanes of at least 4 members (excludes halogenated alkanes) is 34. The summed E-state index contributed by atoms with van der Waals surface area (Å²) >= 11 is 0. The molecular formula is C76H130O6. The lowest BCUT2D eigenvalue weighted by Gasteiger charge is -2.18. The number of esters is 3. The molecule has 0 heterocycles. The third-order valence-corrected chi connectivity index (χ3v) is 15.0. The Morgan fingerprint density at radius 1 is 0.256 bits per heavy atom. The van der Waals surface area contributed by atoms with Crippen LogP contribution >= 0.6 is 0 Å². The Hall–Kier alpha value is -3.93. The maximum Gasteiger partial charge on any atom is 0.306 e. The second kappa shape index (κ2) is 69.6. The third-order valence-electron chi connectivity index (χ3n) is 15.0. The van der Waals surface area contributed by atoms with Crippen molar-refractivity contribution in [2.24, 2.45) is 0 Å². The van der Waals surface area contributed by atoms with E-state index < -0.39 is 6.10 Å². The Kier molecular flexibility index (Phi) is 66.2. The van der Waals surface area contributed by atoms with Crippen molar-refractivity contribution in [1.82, 2.24) is 0 Å². The van der Waals surface area contributed by atoms with E-state index in [1.165, 1.54) is 180 Å². The van der Waals surface area contributed by atoms with E-state index >= 15 is 0 Å². The minimum absolute atomic E-state index is 0.104. The number of rotatable bonds is 63. The van der Waals surface area contributed by atoms with Crippen LogP contribution in [0.25, 0.3) is 0 Å². The Labute approximate surface area is 508 Å². The van der Waals surface area contributed by atoms with Gasteiger partial charge in [-0.1, -0.05) is 304 Å². The first-order valence-electron chi connectivity index (χ1n) is 34.9. The molecule has 470 valence electrons. The van der Waals surface area contributed by atoms with Gasteiger partial charge in [-0.05, 0) is 122 Å². The largest absolute Gasteiger partial charge is 0.462 e. The van der Waals surface area contributed by atoms with Gasteiger partial charge in [-0.3, -0.25) is 14.4 Å². The summed E-state index contributed by atoms with van der Waals surface area (Å²) in [6.07, 6.45) is 95.6. The topological polar surface area (TPSA) is 78.9 Å². The lowest BCUT2D eigenvalue weighted by atomic mass is 10.0. The number of allylic oxidation sites excluding steroid dienone is 18. The second-order valence-electron chi connectivity index (χ2n) is 23.1. The lowest BCUT2D eigenvalue weighted by molar-refractivity contribution is -0.167. The number of ether oxygens (including phenoxy) is 3. The van der Waals surface area contributed by atoms with Crippen molar-refractivity contribution in [3.8, 4) is 0 Å². The van der Waals surface area contributed by atoms with E-state index in [0.29, 0.717) is 19.3 Å². The molecule has 0 aromatic rings. The molecule has 0 aliphatic heterocycles. The fourth-order valence-electron chi connectivity index (χ4n) is 9.78. The van der Waals surface area contributed by atoms with Crippen LogP contribution in [0.5, 0.6) is 0 Å². The van der Waals surface area contributed by atoms with Gasteiger partial charge in [0.05, 0.1) is 0 Å². The first-order valence-corrected chi connectivity index (χ1v) is 34.9. The minimum Gasteiger partial charge on any atom is -0.462 e. The van der Waals surface area contributed by atoms with Crippen molar-refractivity contribution in [3.05, 3.63) is 109 Å². The van der Waals surface area contributed by atoms with Gasteiger partial charge in [0.2, 0.25) is 0 Å². The number of carbonyl (C=O) groups excluding carboxylic acids is 3. The van der Waals surface area contributed by atoms with Gasteiger partial charge in [0.25, 0.3) is 0 Å². The van der Waals surface area contributed by atoms with Crippen LogP contribution in [-0.4, -0.2) is 37.2 Å². The quantitative estimate of drug-likeness (QED) is 0.0261.